The van der Waals surface area contributed by atoms with Gasteiger partial charge in [-0.1, -0.05) is 0 Å². The van der Waals surface area contributed by atoms with Crippen LogP contribution >= 0.6 is 15.9 Å². The third-order valence-corrected chi connectivity index (χ3v) is 2.93. The summed E-state index contributed by atoms with van der Waals surface area (Å²) in [5.74, 6) is -1.46. The minimum Gasteiger partial charge on any atom is -0.465 e. The van der Waals surface area contributed by atoms with Crippen molar-refractivity contribution in [2.45, 2.75) is 13.1 Å². The maximum atomic E-state index is 12.6. The maximum Gasteiger partial charge on any atom is 0.416 e. The van der Waals surface area contributed by atoms with Crippen molar-refractivity contribution in [1.29, 1.82) is 0 Å². The third-order valence-electron chi connectivity index (χ3n) is 2.24. The third kappa shape index (κ3) is 4.52. The number of benzene rings is 1. The first-order chi connectivity index (χ1) is 9.25. The van der Waals surface area contributed by atoms with Gasteiger partial charge in [-0.05, 0) is 41.1 Å². The fourth-order valence-corrected chi connectivity index (χ4v) is 1.76. The van der Waals surface area contributed by atoms with E-state index in [1.807, 2.05) is 0 Å². The molecule has 0 atom stereocenters. The normalized spacial score (nSPS) is 11.1. The highest BCUT2D eigenvalue weighted by Gasteiger charge is 2.31. The number of ether oxygens (including phenoxy) is 1. The summed E-state index contributed by atoms with van der Waals surface area (Å²) in [4.78, 5) is 22.8. The van der Waals surface area contributed by atoms with Gasteiger partial charge in [0.15, 0.2) is 0 Å². The van der Waals surface area contributed by atoms with Gasteiger partial charge in [0.1, 0.15) is 6.54 Å². The number of nitrogens with one attached hydrogen (secondary N) is 1. The van der Waals surface area contributed by atoms with Gasteiger partial charge in [0.05, 0.1) is 17.7 Å². The van der Waals surface area contributed by atoms with Crippen LogP contribution in [0.4, 0.5) is 13.2 Å². The summed E-state index contributed by atoms with van der Waals surface area (Å²) in [6.45, 7) is 1.35. The molecule has 1 N–H and O–H groups in total. The van der Waals surface area contributed by atoms with Gasteiger partial charge >= 0.3 is 12.1 Å². The van der Waals surface area contributed by atoms with E-state index < -0.39 is 30.2 Å². The van der Waals surface area contributed by atoms with Crippen molar-refractivity contribution in [3.8, 4) is 0 Å². The number of hydrogen-bond donors (Lipinski definition) is 1. The van der Waals surface area contributed by atoms with Crippen molar-refractivity contribution in [3.05, 3.63) is 33.8 Å². The number of rotatable bonds is 4. The molecule has 20 heavy (non-hydrogen) atoms. The van der Waals surface area contributed by atoms with Gasteiger partial charge in [0.25, 0.3) is 5.91 Å². The first-order valence-electron chi connectivity index (χ1n) is 5.56. The van der Waals surface area contributed by atoms with E-state index in [-0.39, 0.29) is 16.6 Å². The van der Waals surface area contributed by atoms with Crippen molar-refractivity contribution in [1.82, 2.24) is 5.32 Å². The van der Waals surface area contributed by atoms with Gasteiger partial charge in [0, 0.05) is 4.47 Å². The molecule has 0 aliphatic carbocycles. The molecule has 1 rings (SSSR count). The Morgan fingerprint density at radius 1 is 1.35 bits per heavy atom. The molecular weight excluding hydrogens is 343 g/mol. The van der Waals surface area contributed by atoms with E-state index in [0.29, 0.717) is 6.07 Å². The summed E-state index contributed by atoms with van der Waals surface area (Å²) in [5, 5.41) is 2.19. The second-order valence-electron chi connectivity index (χ2n) is 3.68. The lowest BCUT2D eigenvalue weighted by Gasteiger charge is -2.10. The number of hydrogen-bond acceptors (Lipinski definition) is 3. The molecule has 0 aliphatic rings. The predicted molar refractivity (Wildman–Crippen MR) is 68.1 cm³/mol. The summed E-state index contributed by atoms with van der Waals surface area (Å²) in [7, 11) is 0. The summed E-state index contributed by atoms with van der Waals surface area (Å²) in [5.41, 5.74) is -1.15. The van der Waals surface area contributed by atoms with Gasteiger partial charge in [0.2, 0.25) is 0 Å². The highest BCUT2D eigenvalue weighted by molar-refractivity contribution is 9.10. The van der Waals surface area contributed by atoms with Crippen LogP contribution in [0.25, 0.3) is 0 Å². The zero-order valence-corrected chi connectivity index (χ0v) is 12.0. The second kappa shape index (κ2) is 6.74. The number of alkyl halides is 3. The van der Waals surface area contributed by atoms with Crippen molar-refractivity contribution >= 4 is 27.8 Å². The van der Waals surface area contributed by atoms with Gasteiger partial charge in [-0.3, -0.25) is 9.59 Å². The van der Waals surface area contributed by atoms with Crippen LogP contribution in [0.5, 0.6) is 0 Å². The zero-order valence-electron chi connectivity index (χ0n) is 10.4. The molecule has 110 valence electrons. The maximum absolute atomic E-state index is 12.6. The van der Waals surface area contributed by atoms with Crippen LogP contribution in [0.15, 0.2) is 22.7 Å². The average Bonchev–Trinajstić information content (AvgIpc) is 2.35. The van der Waals surface area contributed by atoms with Crippen LogP contribution in [0.1, 0.15) is 22.8 Å². The van der Waals surface area contributed by atoms with E-state index in [1.165, 1.54) is 0 Å². The Hall–Kier alpha value is -1.57. The fourth-order valence-electron chi connectivity index (χ4n) is 1.34. The summed E-state index contributed by atoms with van der Waals surface area (Å²) in [6, 6.07) is 2.69. The van der Waals surface area contributed by atoms with Crippen LogP contribution in [0.3, 0.4) is 0 Å². The van der Waals surface area contributed by atoms with E-state index in [2.05, 4.69) is 26.0 Å². The zero-order chi connectivity index (χ0) is 15.3. The van der Waals surface area contributed by atoms with E-state index in [4.69, 9.17) is 0 Å². The first kappa shape index (κ1) is 16.5. The largest absolute Gasteiger partial charge is 0.465 e. The van der Waals surface area contributed by atoms with E-state index in [1.54, 1.807) is 6.92 Å². The Labute approximate surface area is 121 Å². The van der Waals surface area contributed by atoms with Crippen LogP contribution < -0.4 is 5.32 Å². The Kier molecular flexibility index (Phi) is 5.55. The molecular formula is C12H11BrF3NO3. The molecule has 0 aliphatic heterocycles. The molecule has 0 fully saturated rings. The standard InChI is InChI=1S/C12H11BrF3NO3/c1-2-20-10(18)6-17-11(19)8-5-7(12(14,15)16)3-4-9(8)13/h3-5H,2,6H2,1H3,(H,17,19). The molecule has 4 nitrogen and oxygen atoms in total. The summed E-state index contributed by atoms with van der Waals surface area (Å²) >= 11 is 2.99. The second-order valence-corrected chi connectivity index (χ2v) is 4.53. The van der Waals surface area contributed by atoms with E-state index in [9.17, 15) is 22.8 Å². The summed E-state index contributed by atoms with van der Waals surface area (Å²) in [6.07, 6.45) is -4.54. The Bertz CT molecular complexity index is 517. The molecule has 1 amide bonds. The smallest absolute Gasteiger partial charge is 0.416 e. The van der Waals surface area contributed by atoms with Gasteiger partial charge in [-0.25, -0.2) is 0 Å². The predicted octanol–water partition coefficient (Wildman–Crippen LogP) is 2.76. The van der Waals surface area contributed by atoms with Gasteiger partial charge < -0.3 is 10.1 Å². The minimum absolute atomic E-state index is 0.155. The monoisotopic (exact) mass is 353 g/mol. The van der Waals surface area contributed by atoms with Crippen molar-refractivity contribution in [2.24, 2.45) is 0 Å². The lowest BCUT2D eigenvalue weighted by molar-refractivity contribution is -0.142. The van der Waals surface area contributed by atoms with E-state index >= 15 is 0 Å². The number of esters is 1. The first-order valence-corrected chi connectivity index (χ1v) is 6.35. The van der Waals surface area contributed by atoms with Gasteiger partial charge in [-0.15, -0.1) is 0 Å². The van der Waals surface area contributed by atoms with Crippen molar-refractivity contribution < 1.29 is 27.5 Å². The molecule has 0 heterocycles. The molecule has 0 saturated heterocycles. The summed E-state index contributed by atoms with van der Waals surface area (Å²) < 4.78 is 42.5. The highest BCUT2D eigenvalue weighted by atomic mass is 79.9. The van der Waals surface area contributed by atoms with E-state index in [0.717, 1.165) is 12.1 Å². The fraction of sp³-hybridized carbons (Fsp3) is 0.333. The van der Waals surface area contributed by atoms with Gasteiger partial charge in [-0.2, -0.15) is 13.2 Å². The molecule has 1 aromatic rings. The number of carbonyl (C=O) groups excluding carboxylic acids is 2. The molecule has 0 aromatic heterocycles. The topological polar surface area (TPSA) is 55.4 Å². The Balaban J connectivity index is 2.85. The van der Waals surface area contributed by atoms with Crippen LogP contribution in [0.2, 0.25) is 0 Å². The average molecular weight is 354 g/mol. The Morgan fingerprint density at radius 2 is 2.00 bits per heavy atom. The molecule has 0 saturated carbocycles. The quantitative estimate of drug-likeness (QED) is 0.846. The van der Waals surface area contributed by atoms with Crippen LogP contribution in [0, 0.1) is 0 Å². The molecule has 0 bridgehead atoms. The lowest BCUT2D eigenvalue weighted by Crippen LogP contribution is -2.31. The SMILES string of the molecule is CCOC(=O)CNC(=O)c1cc(C(F)(F)F)ccc1Br. The molecule has 0 radical (unpaired) electrons. The van der Waals surface area contributed by atoms with Crippen molar-refractivity contribution in [2.75, 3.05) is 13.2 Å². The van der Waals surface area contributed by atoms with Crippen molar-refractivity contribution in [3.63, 3.8) is 0 Å². The van der Waals surface area contributed by atoms with Crippen LogP contribution in [-0.4, -0.2) is 25.0 Å². The minimum atomic E-state index is -4.54. The molecule has 1 aromatic carbocycles. The highest BCUT2D eigenvalue weighted by Crippen LogP contribution is 2.31. The van der Waals surface area contributed by atoms with Crippen LogP contribution in [-0.2, 0) is 15.7 Å². The molecule has 0 spiro atoms. The number of carbonyl (C=O) groups is 2. The number of halogens is 4. The lowest BCUT2D eigenvalue weighted by atomic mass is 10.1. The number of amides is 1. The Morgan fingerprint density at radius 3 is 2.55 bits per heavy atom. The molecule has 8 heteroatoms. The molecule has 0 unspecified atom stereocenters.